The number of carbonyl (C=O) groups is 1. The molecule has 59 heavy (non-hydrogen) atoms. The number of rotatable bonds is 20. The first-order chi connectivity index (χ1) is 27.1. The van der Waals surface area contributed by atoms with Crippen molar-refractivity contribution in [1.82, 2.24) is 5.32 Å². The van der Waals surface area contributed by atoms with Gasteiger partial charge in [0.1, 0.15) is 16.4 Å². The number of unbranched alkanes of at least 4 members (excludes halogenated alkanes) is 1. The molecule has 1 unspecified atom stereocenters. The number of amides is 1. The molecule has 326 valence electrons. The molecular weight excluding hydrogens is 843 g/mol. The summed E-state index contributed by atoms with van der Waals surface area (Å²) in [5.41, 5.74) is 2.25. The van der Waals surface area contributed by atoms with Gasteiger partial charge in [-0.1, -0.05) is 38.5 Å². The molecule has 0 bridgehead atoms. The van der Waals surface area contributed by atoms with Gasteiger partial charge in [-0.05, 0) is 87.9 Å². The Balaban J connectivity index is 1.75. The maximum atomic E-state index is 12.5. The van der Waals surface area contributed by atoms with E-state index in [-0.39, 0.29) is 47.4 Å². The molecule has 2 heterocycles. The maximum absolute atomic E-state index is 12.5. The van der Waals surface area contributed by atoms with Crippen molar-refractivity contribution in [3.63, 3.8) is 0 Å². The molecule has 2 aliphatic rings. The molecule has 2 aromatic rings. The molecule has 2 aromatic carbocycles. The number of nitrogens with one attached hydrogen (secondary N) is 1. The van der Waals surface area contributed by atoms with Gasteiger partial charge in [0.2, 0.25) is 11.6 Å². The highest BCUT2D eigenvalue weighted by atomic mass is 32.2. The van der Waals surface area contributed by atoms with Gasteiger partial charge in [-0.15, -0.1) is 0 Å². The minimum atomic E-state index is -4.57. The van der Waals surface area contributed by atoms with E-state index in [0.717, 1.165) is 12.0 Å². The third kappa shape index (κ3) is 12.4. The SMILES string of the molecule is CC(C)CNC(=O)CCCCC1(C)C(=CC=CC=CC2=[N+](CCCS(=O)(=O)O)c3ccc(S(=O)(=O)O)cc3C2(C)C)N(CCCS(C)(=O)=O)c2ccc(S(=O)(=O)O)cc21. The Kier molecular flexibility index (Phi) is 15.0. The van der Waals surface area contributed by atoms with Gasteiger partial charge in [0.25, 0.3) is 30.4 Å². The first-order valence-electron chi connectivity index (χ1n) is 19.3. The summed E-state index contributed by atoms with van der Waals surface area (Å²) in [5.74, 6) is -0.350. The van der Waals surface area contributed by atoms with Gasteiger partial charge in [-0.25, -0.2) is 8.42 Å². The van der Waals surface area contributed by atoms with E-state index >= 15 is 0 Å². The van der Waals surface area contributed by atoms with Crippen molar-refractivity contribution in [2.24, 2.45) is 5.92 Å². The lowest BCUT2D eigenvalue weighted by molar-refractivity contribution is -0.437. The van der Waals surface area contributed by atoms with E-state index in [1.165, 1.54) is 30.3 Å². The van der Waals surface area contributed by atoms with Gasteiger partial charge >= 0.3 is 0 Å². The van der Waals surface area contributed by atoms with Crippen LogP contribution < -0.4 is 10.2 Å². The number of fused-ring (bicyclic) bond motifs is 2. The standard InChI is InChI=1S/C40H55N3O12S4/c1-29(2)28-41-38(44)16-10-11-21-40(5)33-27-31(59(53,54)55)18-20-35(33)43(22-12-24-56(6,45)46)37(40)15-9-7-8-14-36-39(3,4)32-26-30(58(50,51)52)17-19-34(32)42(36)23-13-25-57(47,48)49/h7-9,14-15,17-20,26-27,29H,10-13,16,21-25,28H2,1-6H3,(H3-,41,44,47,48,49,50,51,52,53,54,55)/p+1. The van der Waals surface area contributed by atoms with E-state index in [4.69, 9.17) is 0 Å². The van der Waals surface area contributed by atoms with Crippen molar-refractivity contribution >= 4 is 63.2 Å². The Labute approximate surface area is 349 Å². The molecule has 2 aliphatic heterocycles. The second kappa shape index (κ2) is 18.5. The fourth-order valence-corrected chi connectivity index (χ4v) is 9.83. The van der Waals surface area contributed by atoms with Crippen LogP contribution in [0.5, 0.6) is 0 Å². The van der Waals surface area contributed by atoms with Crippen molar-refractivity contribution in [2.75, 3.05) is 42.3 Å². The topological polar surface area (TPSA) is 233 Å². The zero-order valence-electron chi connectivity index (χ0n) is 34.2. The average molecular weight is 899 g/mol. The third-order valence-corrected chi connectivity index (χ3v) is 14.2. The molecular formula is C40H56N3O12S4+. The fraction of sp³-hybridized carbons (Fsp3) is 0.500. The van der Waals surface area contributed by atoms with Crippen LogP contribution in [0.2, 0.25) is 0 Å². The Hall–Kier alpha value is -3.72. The molecule has 4 N–H and O–H groups in total. The van der Waals surface area contributed by atoms with Crippen molar-refractivity contribution in [3.8, 4) is 0 Å². The molecule has 0 saturated carbocycles. The molecule has 0 saturated heterocycles. The molecule has 1 amide bonds. The van der Waals surface area contributed by atoms with Crippen LogP contribution in [0, 0.1) is 5.92 Å². The largest absolute Gasteiger partial charge is 0.356 e. The minimum absolute atomic E-state index is 0.0594. The zero-order valence-corrected chi connectivity index (χ0v) is 37.5. The highest BCUT2D eigenvalue weighted by molar-refractivity contribution is 7.90. The summed E-state index contributed by atoms with van der Waals surface area (Å²) < 4.78 is 127. The molecule has 0 aromatic heterocycles. The number of carbonyl (C=O) groups excluding carboxylic acids is 1. The summed E-state index contributed by atoms with van der Waals surface area (Å²) in [6, 6.07) is 8.52. The van der Waals surface area contributed by atoms with Gasteiger partial charge in [0, 0.05) is 66.7 Å². The molecule has 4 rings (SSSR count). The highest BCUT2D eigenvalue weighted by Crippen LogP contribution is 2.51. The third-order valence-electron chi connectivity index (χ3n) is 10.6. The predicted octanol–water partition coefficient (Wildman–Crippen LogP) is 5.38. The van der Waals surface area contributed by atoms with Crippen molar-refractivity contribution in [2.45, 2.75) is 93.8 Å². The van der Waals surface area contributed by atoms with Crippen LogP contribution in [0.25, 0.3) is 0 Å². The Morgan fingerprint density at radius 1 is 0.814 bits per heavy atom. The lowest BCUT2D eigenvalue weighted by Crippen LogP contribution is -2.30. The first kappa shape index (κ1) is 48.0. The number of hydrogen-bond acceptors (Lipinski definition) is 10. The van der Waals surface area contributed by atoms with E-state index < -0.39 is 56.8 Å². The first-order valence-corrected chi connectivity index (χ1v) is 25.8. The molecule has 15 nitrogen and oxygen atoms in total. The van der Waals surface area contributed by atoms with Gasteiger partial charge in [0.15, 0.2) is 5.71 Å². The van der Waals surface area contributed by atoms with Gasteiger partial charge in [-0.3, -0.25) is 18.5 Å². The summed E-state index contributed by atoms with van der Waals surface area (Å²) in [5, 5.41) is 2.92. The number of hydrogen-bond donors (Lipinski definition) is 4. The molecule has 0 spiro atoms. The number of allylic oxidation sites excluding steroid dienone is 6. The minimum Gasteiger partial charge on any atom is -0.356 e. The highest BCUT2D eigenvalue weighted by Gasteiger charge is 2.45. The number of anilines is 1. The zero-order chi connectivity index (χ0) is 44.2. The van der Waals surface area contributed by atoms with Crippen LogP contribution in [0.3, 0.4) is 0 Å². The molecule has 1 atom stereocenters. The fourth-order valence-electron chi connectivity index (χ4n) is 7.67. The number of nitrogens with zero attached hydrogens (tertiary/aromatic N) is 2. The number of sulfone groups is 1. The maximum Gasteiger partial charge on any atom is 0.294 e. The normalized spacial score (nSPS) is 19.1. The van der Waals surface area contributed by atoms with Gasteiger partial charge < -0.3 is 10.2 Å². The van der Waals surface area contributed by atoms with E-state index in [9.17, 15) is 52.1 Å². The van der Waals surface area contributed by atoms with Crippen LogP contribution in [-0.4, -0.2) is 101 Å². The smallest absolute Gasteiger partial charge is 0.294 e. The Morgan fingerprint density at radius 3 is 2.03 bits per heavy atom. The Morgan fingerprint density at radius 2 is 1.44 bits per heavy atom. The van der Waals surface area contributed by atoms with Crippen LogP contribution in [0.15, 0.2) is 82.3 Å². The van der Waals surface area contributed by atoms with Gasteiger partial charge in [-0.2, -0.15) is 29.8 Å². The Bertz CT molecular complexity index is 2510. The van der Waals surface area contributed by atoms with E-state index in [1.807, 2.05) is 50.2 Å². The van der Waals surface area contributed by atoms with Crippen LogP contribution in [-0.2, 0) is 55.8 Å². The lowest BCUT2D eigenvalue weighted by atomic mass is 9.77. The average Bonchev–Trinajstić information content (AvgIpc) is 3.46. The molecule has 0 aliphatic carbocycles. The summed E-state index contributed by atoms with van der Waals surface area (Å²) in [4.78, 5) is 13.9. The molecule has 19 heteroatoms. The monoisotopic (exact) mass is 898 g/mol. The van der Waals surface area contributed by atoms with E-state index in [2.05, 4.69) is 5.32 Å². The van der Waals surface area contributed by atoms with Crippen molar-refractivity contribution in [1.29, 1.82) is 0 Å². The lowest BCUT2D eigenvalue weighted by Gasteiger charge is -2.30. The summed E-state index contributed by atoms with van der Waals surface area (Å²) in [7, 11) is -16.6. The van der Waals surface area contributed by atoms with E-state index in [1.54, 1.807) is 30.4 Å². The second-order valence-electron chi connectivity index (χ2n) is 16.3. The van der Waals surface area contributed by atoms with Crippen LogP contribution in [0.1, 0.15) is 84.3 Å². The van der Waals surface area contributed by atoms with Crippen molar-refractivity contribution < 1.29 is 56.7 Å². The van der Waals surface area contributed by atoms with E-state index in [0.29, 0.717) is 66.4 Å². The quantitative estimate of drug-likeness (QED) is 0.0567. The van der Waals surface area contributed by atoms with Crippen LogP contribution >= 0.6 is 0 Å². The molecule has 0 fully saturated rings. The predicted molar refractivity (Wildman–Crippen MR) is 228 cm³/mol. The molecule has 0 radical (unpaired) electrons. The number of benzene rings is 2. The summed E-state index contributed by atoms with van der Waals surface area (Å²) in [6.45, 7) is 10.7. The van der Waals surface area contributed by atoms with Crippen LogP contribution in [0.4, 0.5) is 11.4 Å². The van der Waals surface area contributed by atoms with Crippen molar-refractivity contribution in [3.05, 3.63) is 83.6 Å². The summed E-state index contributed by atoms with van der Waals surface area (Å²) in [6.07, 6.45) is 12.3. The summed E-state index contributed by atoms with van der Waals surface area (Å²) >= 11 is 0. The van der Waals surface area contributed by atoms with Gasteiger partial charge in [0.05, 0.1) is 26.7 Å². The second-order valence-corrected chi connectivity index (χ2v) is 23.0.